The normalized spacial score (nSPS) is 19.3. The molecule has 1 aromatic carbocycles. The highest BCUT2D eigenvalue weighted by molar-refractivity contribution is 5.76. The fourth-order valence-electron chi connectivity index (χ4n) is 3.05. The lowest BCUT2D eigenvalue weighted by Gasteiger charge is -2.41. The second-order valence-electron chi connectivity index (χ2n) is 6.17. The van der Waals surface area contributed by atoms with Gasteiger partial charge in [-0.2, -0.15) is 13.2 Å². The number of H-pyrrole nitrogens is 1. The number of aromatic nitrogens is 1. The van der Waals surface area contributed by atoms with Crippen molar-refractivity contribution in [3.63, 3.8) is 0 Å². The van der Waals surface area contributed by atoms with Gasteiger partial charge in [0.25, 0.3) is 5.56 Å². The molecule has 1 atom stereocenters. The molecule has 1 aliphatic heterocycles. The van der Waals surface area contributed by atoms with Crippen LogP contribution in [0.1, 0.15) is 25.0 Å². The van der Waals surface area contributed by atoms with Crippen molar-refractivity contribution in [1.82, 2.24) is 4.98 Å². The summed E-state index contributed by atoms with van der Waals surface area (Å²) in [5.74, 6) is -0.799. The van der Waals surface area contributed by atoms with E-state index in [1.165, 1.54) is 12.1 Å². The third kappa shape index (κ3) is 2.70. The molecule has 0 aliphatic carbocycles. The van der Waals surface area contributed by atoms with Gasteiger partial charge in [-0.15, -0.1) is 0 Å². The summed E-state index contributed by atoms with van der Waals surface area (Å²) in [6, 6.07) is 4.24. The summed E-state index contributed by atoms with van der Waals surface area (Å²) in [4.78, 5) is 14.4. The number of nitrogens with one attached hydrogen (secondary N) is 2. The topological polar surface area (TPSA) is 54.1 Å². The molecule has 25 heavy (non-hydrogen) atoms. The number of ether oxygens (including phenoxy) is 1. The number of alkyl halides is 3. The van der Waals surface area contributed by atoms with Crippen molar-refractivity contribution in [2.75, 3.05) is 11.9 Å². The number of hydrogen-bond donors (Lipinski definition) is 2. The van der Waals surface area contributed by atoms with Gasteiger partial charge < -0.3 is 15.0 Å². The fraction of sp³-hybridized carbons (Fsp3) is 0.353. The van der Waals surface area contributed by atoms with Gasteiger partial charge in [0, 0.05) is 23.0 Å². The number of aromatic amines is 1. The maximum Gasteiger partial charge on any atom is 0.404 e. The van der Waals surface area contributed by atoms with Crippen LogP contribution in [0.25, 0.3) is 0 Å². The highest BCUT2D eigenvalue weighted by Gasteiger charge is 2.61. The zero-order valence-corrected chi connectivity index (χ0v) is 13.5. The summed E-state index contributed by atoms with van der Waals surface area (Å²) in [5.41, 5.74) is -4.13. The molecule has 134 valence electrons. The highest BCUT2D eigenvalue weighted by Crippen LogP contribution is 2.53. The maximum absolute atomic E-state index is 14.3. The van der Waals surface area contributed by atoms with Gasteiger partial charge in [0.2, 0.25) is 0 Å². The van der Waals surface area contributed by atoms with Crippen molar-refractivity contribution in [1.29, 1.82) is 0 Å². The lowest BCUT2D eigenvalue weighted by Crippen LogP contribution is -2.51. The van der Waals surface area contributed by atoms with Crippen LogP contribution >= 0.6 is 0 Å². The van der Waals surface area contributed by atoms with E-state index in [-0.39, 0.29) is 22.5 Å². The molecule has 2 N–H and O–H groups in total. The third-order valence-corrected chi connectivity index (χ3v) is 4.24. The summed E-state index contributed by atoms with van der Waals surface area (Å²) >= 11 is 0. The molecule has 1 aromatic heterocycles. The van der Waals surface area contributed by atoms with Crippen molar-refractivity contribution < 1.29 is 22.3 Å². The van der Waals surface area contributed by atoms with E-state index < -0.39 is 35.7 Å². The van der Waals surface area contributed by atoms with Crippen LogP contribution in [-0.2, 0) is 10.2 Å². The molecule has 0 saturated heterocycles. The molecule has 0 bridgehead atoms. The summed E-state index contributed by atoms with van der Waals surface area (Å²) in [6.07, 6.45) is -4.14. The van der Waals surface area contributed by atoms with E-state index in [1.807, 2.05) is 0 Å². The first-order valence-electron chi connectivity index (χ1n) is 7.64. The van der Waals surface area contributed by atoms with Crippen LogP contribution < -0.4 is 10.9 Å². The van der Waals surface area contributed by atoms with Gasteiger partial charge in [-0.3, -0.25) is 4.79 Å². The van der Waals surface area contributed by atoms with Crippen molar-refractivity contribution in [2.45, 2.75) is 31.5 Å². The number of benzene rings is 1. The minimum absolute atomic E-state index is 0.0234. The second kappa shape index (κ2) is 5.87. The lowest BCUT2D eigenvalue weighted by molar-refractivity contribution is -0.195. The average Bonchev–Trinajstić information content (AvgIpc) is 2.51. The second-order valence-corrected chi connectivity index (χ2v) is 6.17. The van der Waals surface area contributed by atoms with E-state index >= 15 is 0 Å². The van der Waals surface area contributed by atoms with Crippen molar-refractivity contribution in [3.05, 3.63) is 57.8 Å². The number of pyridine rings is 1. The van der Waals surface area contributed by atoms with Crippen LogP contribution in [0.3, 0.4) is 0 Å². The number of hydrogen-bond acceptors (Lipinski definition) is 3. The van der Waals surface area contributed by atoms with Crippen LogP contribution in [0.2, 0.25) is 0 Å². The lowest BCUT2D eigenvalue weighted by atomic mass is 9.71. The highest BCUT2D eigenvalue weighted by atomic mass is 19.4. The van der Waals surface area contributed by atoms with E-state index in [2.05, 4.69) is 10.3 Å². The van der Waals surface area contributed by atoms with Crippen LogP contribution in [0.15, 0.2) is 35.3 Å². The Labute approximate surface area is 140 Å². The van der Waals surface area contributed by atoms with E-state index in [0.717, 1.165) is 18.3 Å². The average molecular weight is 356 g/mol. The Morgan fingerprint density at radius 2 is 1.92 bits per heavy atom. The maximum atomic E-state index is 14.3. The van der Waals surface area contributed by atoms with Gasteiger partial charge in [-0.1, -0.05) is 0 Å². The minimum Gasteiger partial charge on any atom is -0.377 e. The minimum atomic E-state index is -4.81. The van der Waals surface area contributed by atoms with Gasteiger partial charge in [-0.25, -0.2) is 4.39 Å². The molecule has 8 heteroatoms. The Kier molecular flexibility index (Phi) is 4.10. The van der Waals surface area contributed by atoms with Gasteiger partial charge in [0.15, 0.2) is 0 Å². The number of halogens is 4. The first-order valence-corrected chi connectivity index (χ1v) is 7.64. The Bertz CT molecular complexity index is 860. The zero-order chi connectivity index (χ0) is 18.4. The van der Waals surface area contributed by atoms with E-state index in [9.17, 15) is 22.4 Å². The van der Waals surface area contributed by atoms with Crippen LogP contribution in [0, 0.1) is 5.82 Å². The Morgan fingerprint density at radius 3 is 2.56 bits per heavy atom. The van der Waals surface area contributed by atoms with E-state index in [1.54, 1.807) is 13.8 Å². The predicted octanol–water partition coefficient (Wildman–Crippen LogP) is 3.84. The Balaban J connectivity index is 2.37. The molecular formula is C17H16F4N2O2. The SMILES string of the molecule is CC(C)OCC1(C(F)(F)F)c2cc(F)ccc2Nc2c1cc[nH]c2=O. The molecule has 0 saturated carbocycles. The largest absolute Gasteiger partial charge is 0.404 e. The standard InChI is InChI=1S/C17H16F4N2O2/c1-9(2)25-8-16(17(19,20)21)11-5-6-22-15(24)14(11)23-13-4-3-10(18)7-12(13)16/h3-7,9,23H,8H2,1-2H3,(H,22,24). The molecule has 0 spiro atoms. The summed E-state index contributed by atoms with van der Waals surface area (Å²) in [7, 11) is 0. The quantitative estimate of drug-likeness (QED) is 0.822. The monoisotopic (exact) mass is 356 g/mol. The first kappa shape index (κ1) is 17.5. The smallest absolute Gasteiger partial charge is 0.377 e. The van der Waals surface area contributed by atoms with Gasteiger partial charge in [-0.05, 0) is 38.1 Å². The van der Waals surface area contributed by atoms with Crippen LogP contribution in [-0.4, -0.2) is 23.9 Å². The molecular weight excluding hydrogens is 340 g/mol. The molecule has 0 fully saturated rings. The molecule has 2 heterocycles. The van der Waals surface area contributed by atoms with Gasteiger partial charge in [0.05, 0.1) is 12.7 Å². The molecule has 2 aromatic rings. The van der Waals surface area contributed by atoms with E-state index in [0.29, 0.717) is 0 Å². The first-order chi connectivity index (χ1) is 11.7. The van der Waals surface area contributed by atoms with E-state index in [4.69, 9.17) is 4.74 Å². The number of rotatable bonds is 3. The van der Waals surface area contributed by atoms with Gasteiger partial charge >= 0.3 is 6.18 Å². The van der Waals surface area contributed by atoms with Crippen molar-refractivity contribution >= 4 is 11.4 Å². The molecule has 0 amide bonds. The Hall–Kier alpha value is -2.35. The molecule has 1 aliphatic rings. The number of fused-ring (bicyclic) bond motifs is 2. The van der Waals surface area contributed by atoms with Crippen LogP contribution in [0.4, 0.5) is 28.9 Å². The summed E-state index contributed by atoms with van der Waals surface area (Å²) < 4.78 is 62.1. The summed E-state index contributed by atoms with van der Waals surface area (Å²) in [6.45, 7) is 2.45. The summed E-state index contributed by atoms with van der Waals surface area (Å²) in [5, 5.41) is 2.68. The Morgan fingerprint density at radius 1 is 1.20 bits per heavy atom. The third-order valence-electron chi connectivity index (χ3n) is 4.24. The number of anilines is 2. The fourth-order valence-corrected chi connectivity index (χ4v) is 3.05. The van der Waals surface area contributed by atoms with Crippen molar-refractivity contribution in [3.8, 4) is 0 Å². The molecule has 3 rings (SSSR count). The van der Waals surface area contributed by atoms with Crippen LogP contribution in [0.5, 0.6) is 0 Å². The molecule has 0 radical (unpaired) electrons. The predicted molar refractivity (Wildman–Crippen MR) is 84.7 cm³/mol. The molecule has 1 unspecified atom stereocenters. The van der Waals surface area contributed by atoms with Gasteiger partial charge in [0.1, 0.15) is 16.9 Å². The molecule has 4 nitrogen and oxygen atoms in total. The van der Waals surface area contributed by atoms with Crippen molar-refractivity contribution in [2.24, 2.45) is 0 Å². The zero-order valence-electron chi connectivity index (χ0n) is 13.5.